The zero-order valence-corrected chi connectivity index (χ0v) is 15.4. The molecule has 2 N–H and O–H groups in total. The summed E-state index contributed by atoms with van der Waals surface area (Å²) < 4.78 is 0. The average molecular weight is 286 g/mol. The van der Waals surface area contributed by atoms with Crippen LogP contribution in [0.3, 0.4) is 0 Å². The van der Waals surface area contributed by atoms with Gasteiger partial charge in [0.05, 0.1) is 0 Å². The van der Waals surface area contributed by atoms with Crippen molar-refractivity contribution < 1.29 is 0 Å². The van der Waals surface area contributed by atoms with Crippen LogP contribution in [-0.2, 0) is 0 Å². The van der Waals surface area contributed by atoms with E-state index in [0.29, 0.717) is 5.41 Å². The molecule has 0 aliphatic rings. The molecule has 0 radical (unpaired) electrons. The van der Waals surface area contributed by atoms with E-state index < -0.39 is 0 Å². The van der Waals surface area contributed by atoms with Crippen LogP contribution < -0.4 is 5.73 Å². The Morgan fingerprint density at radius 1 is 0.700 bits per heavy atom. The minimum Gasteiger partial charge on any atom is -0.330 e. The summed E-state index contributed by atoms with van der Waals surface area (Å²) in [6, 6.07) is 0. The van der Waals surface area contributed by atoms with Gasteiger partial charge in [-0.25, -0.2) is 0 Å². The predicted octanol–water partition coefficient (Wildman–Crippen LogP) is 6.55. The van der Waals surface area contributed by atoms with Crippen molar-refractivity contribution in [3.8, 4) is 0 Å². The van der Waals surface area contributed by atoms with E-state index in [-0.39, 0.29) is 0 Å². The molecule has 0 bridgehead atoms. The average Bonchev–Trinajstić information content (AvgIpc) is 2.36. The standard InChI is InChI=1S/C12H27N.C7H16/c1-2-3-4-5-6-7-8-9-10-11-12-13;1-6(2)7(3,4)5/h2-13H2,1H3;6H,1-5H3. The Morgan fingerprint density at radius 2 is 1.00 bits per heavy atom. The van der Waals surface area contributed by atoms with Gasteiger partial charge in [0.25, 0.3) is 0 Å². The van der Waals surface area contributed by atoms with Gasteiger partial charge in [0, 0.05) is 0 Å². The minimum atomic E-state index is 0.500. The summed E-state index contributed by atoms with van der Waals surface area (Å²) in [5.74, 6) is 0.799. The van der Waals surface area contributed by atoms with Crippen molar-refractivity contribution in [2.45, 2.75) is 106 Å². The second kappa shape index (κ2) is 15.4. The molecule has 0 aliphatic carbocycles. The smallest absolute Gasteiger partial charge is 0.00773 e. The van der Waals surface area contributed by atoms with Gasteiger partial charge in [0.2, 0.25) is 0 Å². The Kier molecular flexibility index (Phi) is 17.1. The van der Waals surface area contributed by atoms with E-state index in [4.69, 9.17) is 5.73 Å². The molecule has 0 heterocycles. The van der Waals surface area contributed by atoms with E-state index in [1.54, 1.807) is 0 Å². The van der Waals surface area contributed by atoms with E-state index >= 15 is 0 Å². The molecule has 0 saturated heterocycles. The van der Waals surface area contributed by atoms with Crippen molar-refractivity contribution >= 4 is 0 Å². The first-order valence-electron chi connectivity index (χ1n) is 9.06. The molecule has 0 unspecified atom stereocenters. The zero-order chi connectivity index (χ0) is 15.9. The molecule has 0 saturated carbocycles. The summed E-state index contributed by atoms with van der Waals surface area (Å²) in [7, 11) is 0. The van der Waals surface area contributed by atoms with Crippen molar-refractivity contribution in [1.29, 1.82) is 0 Å². The second-order valence-corrected chi connectivity index (χ2v) is 7.49. The normalized spacial score (nSPS) is 11.4. The molecule has 1 heteroatoms. The first-order valence-corrected chi connectivity index (χ1v) is 9.06. The first kappa shape index (κ1) is 22.2. The quantitative estimate of drug-likeness (QED) is 0.452. The van der Waals surface area contributed by atoms with Gasteiger partial charge in [-0.2, -0.15) is 0 Å². The highest BCUT2D eigenvalue weighted by Gasteiger charge is 2.13. The Labute approximate surface area is 130 Å². The van der Waals surface area contributed by atoms with Crippen molar-refractivity contribution in [2.75, 3.05) is 6.54 Å². The molecule has 0 spiro atoms. The van der Waals surface area contributed by atoms with Gasteiger partial charge < -0.3 is 5.73 Å². The van der Waals surface area contributed by atoms with E-state index in [0.717, 1.165) is 12.5 Å². The van der Waals surface area contributed by atoms with Crippen LogP contribution in [0.15, 0.2) is 0 Å². The van der Waals surface area contributed by atoms with Gasteiger partial charge in [0.15, 0.2) is 0 Å². The molecular formula is C19H43N. The van der Waals surface area contributed by atoms with Gasteiger partial charge in [-0.1, -0.05) is 99.3 Å². The summed E-state index contributed by atoms with van der Waals surface area (Å²) >= 11 is 0. The fraction of sp³-hybridized carbons (Fsp3) is 1.00. The first-order chi connectivity index (χ1) is 9.36. The Bertz CT molecular complexity index is 157. The molecule has 0 atom stereocenters. The monoisotopic (exact) mass is 285 g/mol. The second-order valence-electron chi connectivity index (χ2n) is 7.49. The SMILES string of the molecule is CC(C)C(C)(C)C.CCCCCCCCCCCCN. The third-order valence-electron chi connectivity index (χ3n) is 4.29. The number of unbranched alkanes of at least 4 members (excludes halogenated alkanes) is 9. The summed E-state index contributed by atoms with van der Waals surface area (Å²) in [6.45, 7) is 14.4. The largest absolute Gasteiger partial charge is 0.330 e. The fourth-order valence-corrected chi connectivity index (χ4v) is 1.63. The molecule has 0 rings (SSSR count). The summed E-state index contributed by atoms with van der Waals surface area (Å²) in [4.78, 5) is 0. The predicted molar refractivity (Wildman–Crippen MR) is 95.2 cm³/mol. The van der Waals surface area contributed by atoms with Crippen LogP contribution >= 0.6 is 0 Å². The molecule has 0 aromatic carbocycles. The van der Waals surface area contributed by atoms with Crippen LogP contribution in [0.1, 0.15) is 106 Å². The molecule has 0 aromatic heterocycles. The molecule has 20 heavy (non-hydrogen) atoms. The van der Waals surface area contributed by atoms with Crippen molar-refractivity contribution in [1.82, 2.24) is 0 Å². The molecule has 0 aromatic rings. The maximum Gasteiger partial charge on any atom is -0.00773 e. The summed E-state index contributed by atoms with van der Waals surface area (Å²) in [5, 5.41) is 0. The molecular weight excluding hydrogens is 242 g/mol. The van der Waals surface area contributed by atoms with Crippen molar-refractivity contribution in [2.24, 2.45) is 17.1 Å². The molecule has 0 aliphatic heterocycles. The van der Waals surface area contributed by atoms with E-state index in [1.807, 2.05) is 0 Å². The molecule has 0 fully saturated rings. The lowest BCUT2D eigenvalue weighted by molar-refractivity contribution is 0.283. The number of hydrogen-bond acceptors (Lipinski definition) is 1. The Balaban J connectivity index is 0. The van der Waals surface area contributed by atoms with E-state index in [1.165, 1.54) is 64.2 Å². The topological polar surface area (TPSA) is 26.0 Å². The van der Waals surface area contributed by atoms with Gasteiger partial charge >= 0.3 is 0 Å². The van der Waals surface area contributed by atoms with Gasteiger partial charge in [-0.3, -0.25) is 0 Å². The third-order valence-corrected chi connectivity index (χ3v) is 4.29. The highest BCUT2D eigenvalue weighted by Crippen LogP contribution is 2.23. The third kappa shape index (κ3) is 20.3. The van der Waals surface area contributed by atoms with Crippen molar-refractivity contribution in [3.05, 3.63) is 0 Å². The van der Waals surface area contributed by atoms with Gasteiger partial charge in [-0.15, -0.1) is 0 Å². The van der Waals surface area contributed by atoms with E-state index in [9.17, 15) is 0 Å². The van der Waals surface area contributed by atoms with Crippen LogP contribution in [0.5, 0.6) is 0 Å². The number of nitrogens with two attached hydrogens (primary N) is 1. The number of rotatable bonds is 10. The fourth-order valence-electron chi connectivity index (χ4n) is 1.63. The van der Waals surface area contributed by atoms with E-state index in [2.05, 4.69) is 41.5 Å². The summed E-state index contributed by atoms with van der Waals surface area (Å²) in [5.41, 5.74) is 5.92. The highest BCUT2D eigenvalue weighted by atomic mass is 14.5. The van der Waals surface area contributed by atoms with Crippen LogP contribution in [0, 0.1) is 11.3 Å². The Morgan fingerprint density at radius 3 is 1.25 bits per heavy atom. The molecule has 1 nitrogen and oxygen atoms in total. The van der Waals surface area contributed by atoms with Gasteiger partial charge in [0.1, 0.15) is 0 Å². The van der Waals surface area contributed by atoms with Crippen LogP contribution in [0.2, 0.25) is 0 Å². The Hall–Kier alpha value is -0.0400. The maximum atomic E-state index is 5.42. The lowest BCUT2D eigenvalue weighted by atomic mass is 9.84. The zero-order valence-electron chi connectivity index (χ0n) is 15.4. The number of hydrogen-bond donors (Lipinski definition) is 1. The highest BCUT2D eigenvalue weighted by molar-refractivity contribution is 4.64. The van der Waals surface area contributed by atoms with Crippen LogP contribution in [0.25, 0.3) is 0 Å². The lowest BCUT2D eigenvalue weighted by Gasteiger charge is -2.22. The molecule has 0 amide bonds. The van der Waals surface area contributed by atoms with Crippen LogP contribution in [-0.4, -0.2) is 6.54 Å². The summed E-state index contributed by atoms with van der Waals surface area (Å²) in [6.07, 6.45) is 13.9. The lowest BCUT2D eigenvalue weighted by Crippen LogP contribution is -2.12. The maximum absolute atomic E-state index is 5.42. The minimum absolute atomic E-state index is 0.500. The van der Waals surface area contributed by atoms with Crippen molar-refractivity contribution in [3.63, 3.8) is 0 Å². The van der Waals surface area contributed by atoms with Gasteiger partial charge in [-0.05, 0) is 24.3 Å². The van der Waals surface area contributed by atoms with Crippen LogP contribution in [0.4, 0.5) is 0 Å². The molecule has 124 valence electrons.